The predicted molar refractivity (Wildman–Crippen MR) is 64.3 cm³/mol. The molecule has 4 heteroatoms. The van der Waals surface area contributed by atoms with Gasteiger partial charge in [-0.25, -0.2) is 0 Å². The van der Waals surface area contributed by atoms with E-state index in [9.17, 15) is 4.79 Å². The van der Waals surface area contributed by atoms with Gasteiger partial charge in [0.05, 0.1) is 11.7 Å². The Morgan fingerprint density at radius 3 is 2.75 bits per heavy atom. The summed E-state index contributed by atoms with van der Waals surface area (Å²) in [6.07, 6.45) is 5.09. The molecule has 0 radical (unpaired) electrons. The van der Waals surface area contributed by atoms with Crippen molar-refractivity contribution in [3.05, 3.63) is 18.0 Å². The van der Waals surface area contributed by atoms with Crippen molar-refractivity contribution in [3.63, 3.8) is 0 Å². The Bertz CT molecular complexity index is 355. The van der Waals surface area contributed by atoms with Gasteiger partial charge in [0.2, 0.25) is 0 Å². The highest BCUT2D eigenvalue weighted by atomic mass is 16.1. The van der Waals surface area contributed by atoms with Gasteiger partial charge in [0.1, 0.15) is 0 Å². The van der Waals surface area contributed by atoms with Crippen LogP contribution in [0.5, 0.6) is 0 Å². The monoisotopic (exact) mass is 223 g/mol. The first-order valence-corrected chi connectivity index (χ1v) is 5.71. The van der Waals surface area contributed by atoms with Gasteiger partial charge in [0.25, 0.3) is 0 Å². The van der Waals surface area contributed by atoms with Gasteiger partial charge in [-0.3, -0.25) is 9.48 Å². The highest BCUT2D eigenvalue weighted by Gasteiger charge is 2.25. The molecule has 1 aromatic heterocycles. The first kappa shape index (κ1) is 12.9. The Balaban J connectivity index is 2.46. The van der Waals surface area contributed by atoms with Gasteiger partial charge < -0.3 is 5.32 Å². The Kier molecular flexibility index (Phi) is 4.24. The van der Waals surface area contributed by atoms with Crippen LogP contribution in [0.1, 0.15) is 32.8 Å². The zero-order chi connectivity index (χ0) is 12.2. The van der Waals surface area contributed by atoms with E-state index in [4.69, 9.17) is 0 Å². The minimum atomic E-state index is -0.420. The van der Waals surface area contributed by atoms with Crippen LogP contribution in [0.15, 0.2) is 12.4 Å². The molecular formula is C12H21N3O. The molecule has 0 spiro atoms. The van der Waals surface area contributed by atoms with Crippen LogP contribution in [-0.4, -0.2) is 27.6 Å². The maximum atomic E-state index is 11.9. The lowest BCUT2D eigenvalue weighted by Gasteiger charge is -2.23. The van der Waals surface area contributed by atoms with Gasteiger partial charge in [-0.05, 0) is 32.4 Å². The first-order chi connectivity index (χ1) is 7.45. The van der Waals surface area contributed by atoms with Gasteiger partial charge in [-0.2, -0.15) is 5.10 Å². The smallest absolute Gasteiger partial charge is 0.152 e. The Labute approximate surface area is 97.0 Å². The number of nitrogens with one attached hydrogen (secondary N) is 1. The van der Waals surface area contributed by atoms with Crippen LogP contribution >= 0.6 is 0 Å². The van der Waals surface area contributed by atoms with Crippen molar-refractivity contribution in [3.8, 4) is 0 Å². The van der Waals surface area contributed by atoms with Crippen LogP contribution in [-0.2, 0) is 18.3 Å². The number of ketones is 1. The lowest BCUT2D eigenvalue weighted by molar-refractivity contribution is -0.124. The van der Waals surface area contributed by atoms with Crippen LogP contribution < -0.4 is 5.32 Å². The number of aryl methyl sites for hydroxylation is 2. The maximum Gasteiger partial charge on any atom is 0.152 e. The molecule has 0 saturated carbocycles. The third-order valence-corrected chi connectivity index (χ3v) is 2.71. The number of nitrogens with zero attached hydrogens (tertiary/aromatic N) is 2. The largest absolute Gasteiger partial charge is 0.306 e. The summed E-state index contributed by atoms with van der Waals surface area (Å²) in [7, 11) is 1.88. The molecule has 0 aromatic carbocycles. The molecule has 0 fully saturated rings. The van der Waals surface area contributed by atoms with Gasteiger partial charge in [0, 0.05) is 19.7 Å². The van der Waals surface area contributed by atoms with Crippen molar-refractivity contribution in [2.45, 2.75) is 39.2 Å². The number of likely N-dealkylation sites (N-methyl/N-ethyl adjacent to an activating group) is 1. The topological polar surface area (TPSA) is 46.9 Å². The van der Waals surface area contributed by atoms with Crippen LogP contribution in [0.3, 0.4) is 0 Å². The zero-order valence-corrected chi connectivity index (χ0v) is 10.6. The van der Waals surface area contributed by atoms with E-state index in [0.717, 1.165) is 18.5 Å². The third-order valence-electron chi connectivity index (χ3n) is 2.71. The molecule has 1 rings (SSSR count). The van der Waals surface area contributed by atoms with E-state index >= 15 is 0 Å². The van der Waals surface area contributed by atoms with E-state index in [1.54, 1.807) is 4.68 Å². The number of Topliss-reactive ketones (excluding diaryl/α,β-unsaturated/α-hetero) is 1. The average molecular weight is 223 g/mol. The van der Waals surface area contributed by atoms with E-state index in [0.29, 0.717) is 6.42 Å². The molecule has 90 valence electrons. The van der Waals surface area contributed by atoms with Gasteiger partial charge in [-0.1, -0.05) is 6.92 Å². The Morgan fingerprint density at radius 2 is 2.25 bits per heavy atom. The fourth-order valence-corrected chi connectivity index (χ4v) is 1.71. The summed E-state index contributed by atoms with van der Waals surface area (Å²) >= 11 is 0. The summed E-state index contributed by atoms with van der Waals surface area (Å²) in [5, 5.41) is 7.28. The minimum absolute atomic E-state index is 0.248. The normalized spacial score (nSPS) is 11.8. The fraction of sp³-hybridized carbons (Fsp3) is 0.667. The Morgan fingerprint density at radius 1 is 1.56 bits per heavy atom. The first-order valence-electron chi connectivity index (χ1n) is 5.71. The molecule has 0 aliphatic carbocycles. The molecule has 0 saturated heterocycles. The van der Waals surface area contributed by atoms with Crippen molar-refractivity contribution >= 4 is 5.78 Å². The van der Waals surface area contributed by atoms with Crippen molar-refractivity contribution in [1.82, 2.24) is 15.1 Å². The van der Waals surface area contributed by atoms with Gasteiger partial charge in [-0.15, -0.1) is 0 Å². The van der Waals surface area contributed by atoms with E-state index < -0.39 is 5.54 Å². The fourth-order valence-electron chi connectivity index (χ4n) is 1.71. The predicted octanol–water partition coefficient (Wildman–Crippen LogP) is 1.31. The summed E-state index contributed by atoms with van der Waals surface area (Å²) in [6.45, 7) is 6.69. The molecule has 4 nitrogen and oxygen atoms in total. The minimum Gasteiger partial charge on any atom is -0.306 e. The van der Waals surface area contributed by atoms with E-state index in [1.165, 1.54) is 0 Å². The zero-order valence-electron chi connectivity index (χ0n) is 10.6. The molecule has 1 heterocycles. The quantitative estimate of drug-likeness (QED) is 0.791. The van der Waals surface area contributed by atoms with Gasteiger partial charge in [0.15, 0.2) is 5.78 Å². The lowest BCUT2D eigenvalue weighted by Crippen LogP contribution is -2.46. The Hall–Kier alpha value is -1.16. The number of aromatic nitrogens is 2. The van der Waals surface area contributed by atoms with Crippen LogP contribution in [0.2, 0.25) is 0 Å². The summed E-state index contributed by atoms with van der Waals surface area (Å²) in [4.78, 5) is 11.9. The van der Waals surface area contributed by atoms with E-state index in [1.807, 2.05) is 40.2 Å². The molecule has 0 atom stereocenters. The van der Waals surface area contributed by atoms with Crippen LogP contribution in [0, 0.1) is 0 Å². The van der Waals surface area contributed by atoms with Crippen LogP contribution in [0.25, 0.3) is 0 Å². The number of rotatable bonds is 6. The average Bonchev–Trinajstić information content (AvgIpc) is 2.60. The highest BCUT2D eigenvalue weighted by molar-refractivity contribution is 5.87. The van der Waals surface area contributed by atoms with E-state index in [2.05, 4.69) is 10.4 Å². The van der Waals surface area contributed by atoms with Crippen molar-refractivity contribution in [2.24, 2.45) is 7.05 Å². The van der Waals surface area contributed by atoms with Crippen molar-refractivity contribution in [2.75, 3.05) is 6.54 Å². The van der Waals surface area contributed by atoms with Crippen molar-refractivity contribution < 1.29 is 4.79 Å². The summed E-state index contributed by atoms with van der Waals surface area (Å²) in [6, 6.07) is 0. The molecule has 0 amide bonds. The molecule has 1 aromatic rings. The molecular weight excluding hydrogens is 202 g/mol. The number of hydrogen-bond donors (Lipinski definition) is 1. The molecule has 0 bridgehead atoms. The molecule has 0 unspecified atom stereocenters. The summed E-state index contributed by atoms with van der Waals surface area (Å²) in [5.74, 6) is 0.248. The molecule has 0 aliphatic rings. The molecule has 1 N–H and O–H groups in total. The number of carbonyl (C=O) groups is 1. The standard InChI is InChI=1S/C12H21N3O/c1-5-13-12(2,3)11(16)7-6-10-8-14-15(4)9-10/h8-9,13H,5-7H2,1-4H3. The third kappa shape index (κ3) is 3.45. The van der Waals surface area contributed by atoms with Crippen molar-refractivity contribution in [1.29, 1.82) is 0 Å². The second kappa shape index (κ2) is 5.25. The maximum absolute atomic E-state index is 11.9. The van der Waals surface area contributed by atoms with Crippen LogP contribution in [0.4, 0.5) is 0 Å². The second-order valence-electron chi connectivity index (χ2n) is 4.60. The number of carbonyl (C=O) groups excluding carboxylic acids is 1. The van der Waals surface area contributed by atoms with E-state index in [-0.39, 0.29) is 5.78 Å². The summed E-state index contributed by atoms with van der Waals surface area (Å²) < 4.78 is 1.76. The second-order valence-corrected chi connectivity index (χ2v) is 4.60. The SMILES string of the molecule is CCNC(C)(C)C(=O)CCc1cnn(C)c1. The lowest BCUT2D eigenvalue weighted by atomic mass is 9.94. The van der Waals surface area contributed by atoms with Gasteiger partial charge >= 0.3 is 0 Å². The highest BCUT2D eigenvalue weighted by Crippen LogP contribution is 2.10. The number of hydrogen-bond acceptors (Lipinski definition) is 3. The molecule has 0 aliphatic heterocycles. The molecule has 16 heavy (non-hydrogen) atoms. The summed E-state index contributed by atoms with van der Waals surface area (Å²) in [5.41, 5.74) is 0.694.